The Morgan fingerprint density at radius 1 is 0.720 bits per heavy atom. The zero-order chi connectivity index (χ0) is 17.9. The van der Waals surface area contributed by atoms with Crippen LogP contribution in [0.4, 0.5) is 0 Å². The normalized spacial score (nSPS) is 9.44. The van der Waals surface area contributed by atoms with Crippen LogP contribution in [0.3, 0.4) is 0 Å². The van der Waals surface area contributed by atoms with E-state index in [9.17, 15) is 4.79 Å². The Bertz CT molecular complexity index is 734. The molecule has 124 valence electrons. The Kier molecular flexibility index (Phi) is 7.88. The van der Waals surface area contributed by atoms with E-state index >= 15 is 0 Å². The van der Waals surface area contributed by atoms with Gasteiger partial charge in [-0.2, -0.15) is 0 Å². The fourth-order valence-electron chi connectivity index (χ4n) is 2.44. The van der Waals surface area contributed by atoms with E-state index in [1.807, 2.05) is 0 Å². The van der Waals surface area contributed by atoms with Crippen molar-refractivity contribution in [2.45, 2.75) is 10.0 Å². The van der Waals surface area contributed by atoms with Gasteiger partial charge in [-0.05, 0) is 12.1 Å². The molecular formula is C21H20O3Zn. The number of phenols is 1. The average Bonchev–Trinajstić information content (AvgIpc) is 2.64. The summed E-state index contributed by atoms with van der Waals surface area (Å²) in [5, 5.41) is 20.0. The van der Waals surface area contributed by atoms with Crippen LogP contribution >= 0.6 is 0 Å². The number of hydrogen-bond donors (Lipinski definition) is 2. The van der Waals surface area contributed by atoms with E-state index in [4.69, 9.17) is 10.2 Å². The molecule has 0 aromatic heterocycles. The topological polar surface area (TPSA) is 57.5 Å². The third-order valence-corrected chi connectivity index (χ3v) is 7.66. The molecule has 0 saturated heterocycles. The first-order chi connectivity index (χ1) is 12.2. The Morgan fingerprint density at radius 2 is 1.16 bits per heavy atom. The van der Waals surface area contributed by atoms with Gasteiger partial charge in [0.25, 0.3) is 0 Å². The molecule has 0 bridgehead atoms. The van der Waals surface area contributed by atoms with Gasteiger partial charge in [-0.1, -0.05) is 12.1 Å². The maximum absolute atomic E-state index is 10.3. The summed E-state index contributed by atoms with van der Waals surface area (Å²) in [5.74, 6) is -1.31. The number of para-hydroxylation sites is 1. The minimum atomic E-state index is -1.11. The van der Waals surface area contributed by atoms with Crippen LogP contribution in [-0.4, -0.2) is 16.2 Å². The first kappa shape index (κ1) is 18.9. The molecule has 0 aliphatic carbocycles. The molecule has 4 heteroatoms. The Labute approximate surface area is 155 Å². The van der Waals surface area contributed by atoms with Gasteiger partial charge in [-0.25, -0.2) is 4.79 Å². The second-order valence-electron chi connectivity index (χ2n) is 5.65. The van der Waals surface area contributed by atoms with Crippen molar-refractivity contribution in [3.63, 3.8) is 0 Å². The molecule has 3 aromatic carbocycles. The van der Waals surface area contributed by atoms with Gasteiger partial charge in [0.1, 0.15) is 11.3 Å². The van der Waals surface area contributed by atoms with E-state index in [0.717, 1.165) is 0 Å². The Balaban J connectivity index is 0.000000196. The third-order valence-electron chi connectivity index (χ3n) is 3.75. The van der Waals surface area contributed by atoms with E-state index < -0.39 is 23.1 Å². The number of hydrogen-bond acceptors (Lipinski definition) is 2. The van der Waals surface area contributed by atoms with Crippen LogP contribution in [0.5, 0.6) is 5.75 Å². The van der Waals surface area contributed by atoms with Gasteiger partial charge in [-0.15, -0.1) is 0 Å². The number of carboxylic acids is 1. The summed E-state index contributed by atoms with van der Waals surface area (Å²) >= 11 is -0.411. The molecule has 3 rings (SSSR count). The predicted octanol–water partition coefficient (Wildman–Crippen LogP) is 4.56. The number of carboxylic acid groups (broad SMARTS) is 1. The van der Waals surface area contributed by atoms with Crippen molar-refractivity contribution in [1.82, 2.24) is 0 Å². The first-order valence-electron chi connectivity index (χ1n) is 8.26. The van der Waals surface area contributed by atoms with Gasteiger partial charge in [0.2, 0.25) is 0 Å². The molecule has 3 nitrogen and oxygen atoms in total. The molecule has 0 unspecified atom stereocenters. The van der Waals surface area contributed by atoms with Crippen LogP contribution in [0, 0.1) is 0 Å². The van der Waals surface area contributed by atoms with Crippen molar-refractivity contribution < 1.29 is 32.1 Å². The van der Waals surface area contributed by atoms with Crippen LogP contribution in [0.15, 0.2) is 84.9 Å². The molecule has 0 heterocycles. The Hall–Kier alpha value is -2.45. The maximum atomic E-state index is 10.3. The number of benzene rings is 3. The summed E-state index contributed by atoms with van der Waals surface area (Å²) in [5.41, 5.74) is 2.98. The van der Waals surface area contributed by atoms with E-state index in [1.165, 1.54) is 33.3 Å². The van der Waals surface area contributed by atoms with Gasteiger partial charge in [-0.3, -0.25) is 0 Å². The van der Waals surface area contributed by atoms with Crippen LogP contribution in [0.1, 0.15) is 21.5 Å². The average molecular weight is 386 g/mol. The van der Waals surface area contributed by atoms with Crippen molar-refractivity contribution in [1.29, 1.82) is 0 Å². The van der Waals surface area contributed by atoms with Crippen molar-refractivity contribution in [2.24, 2.45) is 0 Å². The second-order valence-corrected chi connectivity index (χ2v) is 9.23. The van der Waals surface area contributed by atoms with Crippen LogP contribution in [0.25, 0.3) is 0 Å². The van der Waals surface area contributed by atoms with Gasteiger partial charge >= 0.3 is 105 Å². The number of aromatic hydroxyl groups is 1. The second kappa shape index (κ2) is 10.4. The molecule has 3 aromatic rings. The quantitative estimate of drug-likeness (QED) is 0.633. The zero-order valence-electron chi connectivity index (χ0n) is 14.0. The number of rotatable bonds is 5. The van der Waals surface area contributed by atoms with Crippen molar-refractivity contribution in [2.75, 3.05) is 0 Å². The van der Waals surface area contributed by atoms with Crippen molar-refractivity contribution >= 4 is 5.97 Å². The summed E-state index contributed by atoms with van der Waals surface area (Å²) in [4.78, 5) is 10.3. The first-order valence-corrected chi connectivity index (χ1v) is 12.5. The fraction of sp³-hybridized carbons (Fsp3) is 0.0952. The molecule has 0 saturated carbocycles. The van der Waals surface area contributed by atoms with Gasteiger partial charge < -0.3 is 10.2 Å². The molecule has 0 radical (unpaired) electrons. The van der Waals surface area contributed by atoms with Crippen LogP contribution in [0.2, 0.25) is 0 Å². The molecule has 0 spiro atoms. The standard InChI is InChI=1S/C7H6O3.2C7H7.Zn/c8-6-4-2-1-3-5(6)7(9)10;2*1-7-5-3-2-4-6-7;/h1-4,8H,(H,9,10);2*2-6H,1H2;. The van der Waals surface area contributed by atoms with E-state index in [-0.39, 0.29) is 11.3 Å². The SMILES string of the molecule is O=C(O)c1ccccc1O.c1ccc([CH2][Zn][CH2]c2ccccc2)cc1. The molecular weight excluding hydrogens is 366 g/mol. The van der Waals surface area contributed by atoms with Crippen LogP contribution in [-0.2, 0) is 27.2 Å². The third kappa shape index (κ3) is 6.90. The number of aromatic carboxylic acids is 1. The molecule has 25 heavy (non-hydrogen) atoms. The van der Waals surface area contributed by atoms with Crippen molar-refractivity contribution in [3.8, 4) is 5.75 Å². The summed E-state index contributed by atoms with van der Waals surface area (Å²) in [6, 6.07) is 27.5. The molecule has 0 amide bonds. The molecule has 0 atom stereocenters. The summed E-state index contributed by atoms with van der Waals surface area (Å²) in [7, 11) is 0. The van der Waals surface area contributed by atoms with Crippen LogP contribution < -0.4 is 0 Å². The van der Waals surface area contributed by atoms with E-state index in [1.54, 1.807) is 12.1 Å². The van der Waals surface area contributed by atoms with Crippen molar-refractivity contribution in [3.05, 3.63) is 102 Å². The van der Waals surface area contributed by atoms with E-state index in [2.05, 4.69) is 60.7 Å². The minimum absolute atomic E-state index is 0.0671. The van der Waals surface area contributed by atoms with Gasteiger partial charge in [0, 0.05) is 0 Å². The molecule has 0 aliphatic heterocycles. The molecule has 0 fully saturated rings. The Morgan fingerprint density at radius 3 is 1.56 bits per heavy atom. The summed E-state index contributed by atoms with van der Waals surface area (Å²) in [6.45, 7) is 0. The molecule has 0 aliphatic rings. The fourth-order valence-corrected chi connectivity index (χ4v) is 5.92. The van der Waals surface area contributed by atoms with E-state index in [0.29, 0.717) is 0 Å². The predicted molar refractivity (Wildman–Crippen MR) is 95.4 cm³/mol. The van der Waals surface area contributed by atoms with Gasteiger partial charge in [0.05, 0.1) is 0 Å². The van der Waals surface area contributed by atoms with Gasteiger partial charge in [0.15, 0.2) is 0 Å². The monoisotopic (exact) mass is 384 g/mol. The summed E-state index contributed by atoms with van der Waals surface area (Å²) in [6.07, 6.45) is 0. The number of carbonyl (C=O) groups is 1. The zero-order valence-corrected chi connectivity index (χ0v) is 17.0. The summed E-state index contributed by atoms with van der Waals surface area (Å²) < 4.78 is 0. The molecule has 2 N–H and O–H groups in total.